The molecule has 1 aliphatic heterocycles. The lowest BCUT2D eigenvalue weighted by molar-refractivity contribution is -0.124. The summed E-state index contributed by atoms with van der Waals surface area (Å²) in [5.74, 6) is 0.606. The average Bonchev–Trinajstić information content (AvgIpc) is 2.79. The number of benzene rings is 1. The lowest BCUT2D eigenvalue weighted by Gasteiger charge is -2.14. The largest absolute Gasteiger partial charge is 0.326 e. The molecule has 0 unspecified atom stereocenters. The molecule has 0 aromatic heterocycles. The third-order valence-electron chi connectivity index (χ3n) is 3.18. The van der Waals surface area contributed by atoms with Crippen molar-refractivity contribution >= 4 is 45.8 Å². The maximum Gasteiger partial charge on any atom is 0.238 e. The van der Waals surface area contributed by atoms with Gasteiger partial charge in [-0.05, 0) is 25.0 Å². The quantitative estimate of drug-likeness (QED) is 0.619. The van der Waals surface area contributed by atoms with Crippen LogP contribution in [0.25, 0.3) is 0 Å². The van der Waals surface area contributed by atoms with E-state index in [1.54, 1.807) is 4.90 Å². The molecule has 0 bridgehead atoms. The number of thioether (sulfide) groups is 1. The molecule has 1 fully saturated rings. The molecule has 0 saturated carbocycles. The molecule has 0 aliphatic carbocycles. The zero-order valence-electron chi connectivity index (χ0n) is 11.7. The Labute approximate surface area is 134 Å². The van der Waals surface area contributed by atoms with Crippen LogP contribution in [0.1, 0.15) is 25.7 Å². The highest BCUT2D eigenvalue weighted by molar-refractivity contribution is 8.23. The summed E-state index contributed by atoms with van der Waals surface area (Å²) in [6.45, 7) is 0.672. The number of nitrogens with zero attached hydrogens (tertiary/aromatic N) is 1. The zero-order valence-corrected chi connectivity index (χ0v) is 13.3. The van der Waals surface area contributed by atoms with Crippen molar-refractivity contribution in [2.24, 2.45) is 0 Å². The molecule has 112 valence electrons. The summed E-state index contributed by atoms with van der Waals surface area (Å²) in [5.41, 5.74) is 0.826. The molecular weight excluding hydrogens is 304 g/mol. The fourth-order valence-electron chi connectivity index (χ4n) is 2.07. The second-order valence-corrected chi connectivity index (χ2v) is 6.43. The summed E-state index contributed by atoms with van der Waals surface area (Å²) >= 11 is 6.54. The first-order valence-corrected chi connectivity index (χ1v) is 8.38. The van der Waals surface area contributed by atoms with E-state index >= 15 is 0 Å². The fraction of sp³-hybridized carbons (Fsp3) is 0.400. The molecule has 1 N–H and O–H groups in total. The predicted molar refractivity (Wildman–Crippen MR) is 90.3 cm³/mol. The Balaban J connectivity index is 1.58. The normalized spacial score (nSPS) is 14.6. The van der Waals surface area contributed by atoms with Crippen LogP contribution in [0, 0.1) is 0 Å². The highest BCUT2D eigenvalue weighted by Crippen LogP contribution is 2.19. The number of para-hydroxylation sites is 1. The maximum atomic E-state index is 11.7. The van der Waals surface area contributed by atoms with Gasteiger partial charge in [-0.1, -0.05) is 48.6 Å². The number of carbonyl (C=O) groups excluding carboxylic acids is 2. The Kier molecular flexibility index (Phi) is 6.20. The van der Waals surface area contributed by atoms with Crippen LogP contribution in [-0.4, -0.2) is 33.3 Å². The van der Waals surface area contributed by atoms with Crippen molar-refractivity contribution in [1.29, 1.82) is 0 Å². The van der Waals surface area contributed by atoms with Gasteiger partial charge in [0.05, 0.1) is 5.75 Å². The molecule has 0 spiro atoms. The number of amides is 2. The maximum absolute atomic E-state index is 11.7. The van der Waals surface area contributed by atoms with E-state index in [2.05, 4.69) is 5.32 Å². The van der Waals surface area contributed by atoms with Crippen molar-refractivity contribution in [2.45, 2.75) is 25.7 Å². The van der Waals surface area contributed by atoms with E-state index in [9.17, 15) is 9.59 Å². The van der Waals surface area contributed by atoms with Crippen molar-refractivity contribution in [2.75, 3.05) is 17.6 Å². The van der Waals surface area contributed by atoms with Gasteiger partial charge in [0.2, 0.25) is 11.8 Å². The summed E-state index contributed by atoms with van der Waals surface area (Å²) in [5, 5.41) is 2.86. The van der Waals surface area contributed by atoms with Crippen molar-refractivity contribution < 1.29 is 9.59 Å². The molecule has 4 nitrogen and oxygen atoms in total. The molecule has 0 radical (unpaired) electrons. The topological polar surface area (TPSA) is 49.4 Å². The predicted octanol–water partition coefficient (Wildman–Crippen LogP) is 3.05. The molecule has 1 saturated heterocycles. The third kappa shape index (κ3) is 5.13. The van der Waals surface area contributed by atoms with Gasteiger partial charge in [0, 0.05) is 18.7 Å². The van der Waals surface area contributed by atoms with Crippen LogP contribution in [0.2, 0.25) is 0 Å². The van der Waals surface area contributed by atoms with Gasteiger partial charge in [0.25, 0.3) is 0 Å². The molecule has 6 heteroatoms. The van der Waals surface area contributed by atoms with Gasteiger partial charge in [0.1, 0.15) is 4.32 Å². The smallest absolute Gasteiger partial charge is 0.238 e. The first-order valence-electron chi connectivity index (χ1n) is 6.99. The number of rotatable bonds is 7. The average molecular weight is 322 g/mol. The molecule has 2 rings (SSSR count). The Morgan fingerprint density at radius 3 is 2.67 bits per heavy atom. The Bertz CT molecular complexity index is 504. The van der Waals surface area contributed by atoms with Gasteiger partial charge < -0.3 is 5.32 Å². The van der Waals surface area contributed by atoms with E-state index in [-0.39, 0.29) is 11.8 Å². The lowest BCUT2D eigenvalue weighted by atomic mass is 10.2. The zero-order chi connectivity index (χ0) is 15.1. The summed E-state index contributed by atoms with van der Waals surface area (Å²) in [6.07, 6.45) is 3.12. The minimum absolute atomic E-state index is 0.0320. The number of nitrogens with one attached hydrogen (secondary N) is 1. The van der Waals surface area contributed by atoms with Crippen LogP contribution in [0.3, 0.4) is 0 Å². The number of thiocarbonyl (C=S) groups is 1. The van der Waals surface area contributed by atoms with E-state index in [4.69, 9.17) is 12.2 Å². The third-order valence-corrected chi connectivity index (χ3v) is 4.62. The SMILES string of the molecule is O=C(CCCCCN1C(=O)CSC1=S)Nc1ccccc1. The van der Waals surface area contributed by atoms with Crippen LogP contribution in [0.5, 0.6) is 0 Å². The van der Waals surface area contributed by atoms with E-state index in [1.807, 2.05) is 30.3 Å². The molecular formula is C15H18N2O2S2. The van der Waals surface area contributed by atoms with Crippen LogP contribution in [0.15, 0.2) is 30.3 Å². The van der Waals surface area contributed by atoms with Gasteiger partial charge in [0.15, 0.2) is 0 Å². The van der Waals surface area contributed by atoms with Crippen molar-refractivity contribution in [3.63, 3.8) is 0 Å². The molecule has 1 aliphatic rings. The van der Waals surface area contributed by atoms with E-state index in [0.717, 1.165) is 24.9 Å². The highest BCUT2D eigenvalue weighted by atomic mass is 32.2. The van der Waals surface area contributed by atoms with E-state index in [1.165, 1.54) is 11.8 Å². The van der Waals surface area contributed by atoms with E-state index in [0.29, 0.717) is 23.0 Å². The second kappa shape index (κ2) is 8.14. The Morgan fingerprint density at radius 1 is 1.24 bits per heavy atom. The number of hydrogen-bond acceptors (Lipinski definition) is 4. The summed E-state index contributed by atoms with van der Waals surface area (Å²) < 4.78 is 0.682. The van der Waals surface area contributed by atoms with Gasteiger partial charge in [-0.2, -0.15) is 0 Å². The first-order chi connectivity index (χ1) is 10.2. The molecule has 1 aromatic carbocycles. The minimum Gasteiger partial charge on any atom is -0.326 e. The Morgan fingerprint density at radius 2 is 2.00 bits per heavy atom. The fourth-order valence-corrected chi connectivity index (χ4v) is 3.20. The summed E-state index contributed by atoms with van der Waals surface area (Å²) in [7, 11) is 0. The molecule has 1 aromatic rings. The number of carbonyl (C=O) groups is 2. The molecule has 0 atom stereocenters. The van der Waals surface area contributed by atoms with Crippen LogP contribution in [0.4, 0.5) is 5.69 Å². The number of unbranched alkanes of at least 4 members (excludes halogenated alkanes) is 2. The lowest BCUT2D eigenvalue weighted by Crippen LogP contribution is -2.29. The standard InChI is InChI=1S/C15H18N2O2S2/c18-13(16-12-7-3-1-4-8-12)9-5-2-6-10-17-14(19)11-21-15(17)20/h1,3-4,7-8H,2,5-6,9-11H2,(H,16,18). The van der Waals surface area contributed by atoms with Crippen molar-refractivity contribution in [3.05, 3.63) is 30.3 Å². The molecule has 2 amide bonds. The monoisotopic (exact) mass is 322 g/mol. The van der Waals surface area contributed by atoms with Crippen molar-refractivity contribution in [3.8, 4) is 0 Å². The summed E-state index contributed by atoms with van der Waals surface area (Å²) in [6, 6.07) is 9.44. The van der Waals surface area contributed by atoms with Crippen LogP contribution < -0.4 is 5.32 Å². The van der Waals surface area contributed by atoms with Crippen molar-refractivity contribution in [1.82, 2.24) is 4.90 Å². The second-order valence-electron chi connectivity index (χ2n) is 4.82. The van der Waals surface area contributed by atoms with Gasteiger partial charge in [-0.15, -0.1) is 0 Å². The molecule has 21 heavy (non-hydrogen) atoms. The minimum atomic E-state index is 0.0320. The summed E-state index contributed by atoms with van der Waals surface area (Å²) in [4.78, 5) is 24.9. The van der Waals surface area contributed by atoms with Gasteiger partial charge in [-0.3, -0.25) is 14.5 Å². The number of anilines is 1. The Hall–Kier alpha value is -1.40. The van der Waals surface area contributed by atoms with Gasteiger partial charge >= 0.3 is 0 Å². The van der Waals surface area contributed by atoms with E-state index < -0.39 is 0 Å². The van der Waals surface area contributed by atoms with Gasteiger partial charge in [-0.25, -0.2) is 0 Å². The number of hydrogen-bond donors (Lipinski definition) is 1. The van der Waals surface area contributed by atoms with Crippen LogP contribution in [-0.2, 0) is 9.59 Å². The van der Waals surface area contributed by atoms with Crippen LogP contribution >= 0.6 is 24.0 Å². The molecule has 1 heterocycles. The highest BCUT2D eigenvalue weighted by Gasteiger charge is 2.25. The first kappa shape index (κ1) is 16.0.